The van der Waals surface area contributed by atoms with Crippen molar-refractivity contribution in [2.75, 3.05) is 44.2 Å². The number of carbonyl (C=O) groups excluding carboxylic acids is 2. The van der Waals surface area contributed by atoms with Gasteiger partial charge in [-0.15, -0.1) is 0 Å². The van der Waals surface area contributed by atoms with Gasteiger partial charge < -0.3 is 16.0 Å². The van der Waals surface area contributed by atoms with Gasteiger partial charge in [-0.3, -0.25) is 14.5 Å². The lowest BCUT2D eigenvalue weighted by molar-refractivity contribution is -0.135. The molecule has 4 atom stereocenters. The number of anilines is 1. The second-order valence-electron chi connectivity index (χ2n) is 9.29. The molecular formula is C24H31N5O2S. The quantitative estimate of drug-likeness (QED) is 0.628. The summed E-state index contributed by atoms with van der Waals surface area (Å²) < 4.78 is 5.91. The number of hydrogen-bond donors (Lipinski definition) is 2. The van der Waals surface area contributed by atoms with Crippen LogP contribution in [0, 0.1) is 23.7 Å². The average molecular weight is 454 g/mol. The molecule has 5 rings (SSSR count). The van der Waals surface area contributed by atoms with Crippen molar-refractivity contribution < 1.29 is 9.59 Å². The van der Waals surface area contributed by atoms with Gasteiger partial charge in [0, 0.05) is 44.7 Å². The molecule has 0 spiro atoms. The fraction of sp³-hybridized carbons (Fsp3) is 0.542. The van der Waals surface area contributed by atoms with E-state index in [1.165, 1.54) is 10.1 Å². The van der Waals surface area contributed by atoms with Crippen molar-refractivity contribution in [3.63, 3.8) is 0 Å². The molecule has 2 heterocycles. The van der Waals surface area contributed by atoms with E-state index < -0.39 is 0 Å². The van der Waals surface area contributed by atoms with E-state index >= 15 is 0 Å². The van der Waals surface area contributed by atoms with E-state index in [2.05, 4.69) is 49.8 Å². The highest BCUT2D eigenvalue weighted by atomic mass is 32.1. The fourth-order valence-electron chi connectivity index (χ4n) is 5.91. The second kappa shape index (κ2) is 9.19. The van der Waals surface area contributed by atoms with Crippen molar-refractivity contribution in [3.05, 3.63) is 36.4 Å². The van der Waals surface area contributed by atoms with E-state index in [1.807, 2.05) is 6.08 Å². The van der Waals surface area contributed by atoms with Crippen molar-refractivity contribution in [1.29, 1.82) is 0 Å². The number of nitrogens with zero attached hydrogens (tertiary/aromatic N) is 3. The van der Waals surface area contributed by atoms with Crippen LogP contribution in [-0.4, -0.2) is 60.4 Å². The number of benzene rings is 1. The van der Waals surface area contributed by atoms with Gasteiger partial charge in [-0.1, -0.05) is 24.3 Å². The third-order valence-corrected chi connectivity index (χ3v) is 8.32. The predicted octanol–water partition coefficient (Wildman–Crippen LogP) is 2.24. The van der Waals surface area contributed by atoms with Crippen LogP contribution in [-0.2, 0) is 9.59 Å². The van der Waals surface area contributed by atoms with E-state index in [-0.39, 0.29) is 23.7 Å². The standard InChI is InChI=1S/C24H31N5O2S/c25-22(30)20-16-7-8-17(15-16)21(20)24(31)26-9-3-4-10-28-11-13-29(14-12-28)23-18-5-1-2-6-19(18)32-27-23/h1-6,16-17,20-21H,7-15H2,(H2,25,30)(H,26,31)/b4-3-. The molecule has 2 aliphatic carbocycles. The monoisotopic (exact) mass is 453 g/mol. The van der Waals surface area contributed by atoms with Crippen molar-refractivity contribution >= 4 is 39.3 Å². The lowest BCUT2D eigenvalue weighted by atomic mass is 9.78. The zero-order chi connectivity index (χ0) is 22.1. The van der Waals surface area contributed by atoms with Gasteiger partial charge in [0.25, 0.3) is 0 Å². The van der Waals surface area contributed by atoms with Gasteiger partial charge in [-0.05, 0) is 54.8 Å². The maximum absolute atomic E-state index is 12.7. The molecular weight excluding hydrogens is 422 g/mol. The van der Waals surface area contributed by atoms with E-state index in [0.29, 0.717) is 18.4 Å². The molecule has 3 fully saturated rings. The number of piperazine rings is 1. The Balaban J connectivity index is 1.06. The maximum atomic E-state index is 12.7. The van der Waals surface area contributed by atoms with Crippen LogP contribution in [0.1, 0.15) is 19.3 Å². The molecule has 2 amide bonds. The number of fused-ring (bicyclic) bond motifs is 3. The Morgan fingerprint density at radius 2 is 1.84 bits per heavy atom. The van der Waals surface area contributed by atoms with Crippen molar-refractivity contribution in [3.8, 4) is 0 Å². The average Bonchev–Trinajstić information content (AvgIpc) is 3.53. The number of primary amides is 1. The first-order valence-corrected chi connectivity index (χ1v) is 12.4. The van der Waals surface area contributed by atoms with Gasteiger partial charge in [0.05, 0.1) is 16.5 Å². The van der Waals surface area contributed by atoms with Crippen molar-refractivity contribution in [1.82, 2.24) is 14.6 Å². The van der Waals surface area contributed by atoms with Gasteiger partial charge in [0.2, 0.25) is 11.8 Å². The zero-order valence-electron chi connectivity index (χ0n) is 18.3. The number of rotatable bonds is 7. The van der Waals surface area contributed by atoms with Gasteiger partial charge >= 0.3 is 0 Å². The highest BCUT2D eigenvalue weighted by molar-refractivity contribution is 7.13. The van der Waals surface area contributed by atoms with Gasteiger partial charge in [-0.2, -0.15) is 4.37 Å². The molecule has 8 heteroatoms. The van der Waals surface area contributed by atoms with E-state index in [1.54, 1.807) is 11.5 Å². The first kappa shape index (κ1) is 21.4. The van der Waals surface area contributed by atoms with Crippen LogP contribution in [0.25, 0.3) is 10.1 Å². The molecule has 3 N–H and O–H groups in total. The molecule has 0 radical (unpaired) electrons. The maximum Gasteiger partial charge on any atom is 0.224 e. The lowest BCUT2D eigenvalue weighted by Gasteiger charge is -2.34. The molecule has 2 bridgehead atoms. The Labute approximate surface area is 192 Å². The van der Waals surface area contributed by atoms with Crippen molar-refractivity contribution in [2.24, 2.45) is 29.4 Å². The highest BCUT2D eigenvalue weighted by Gasteiger charge is 2.52. The van der Waals surface area contributed by atoms with Gasteiger partial charge in [0.1, 0.15) is 5.82 Å². The number of nitrogens with two attached hydrogens (primary N) is 1. The van der Waals surface area contributed by atoms with Crippen LogP contribution in [0.2, 0.25) is 0 Å². The summed E-state index contributed by atoms with van der Waals surface area (Å²) in [5, 5.41) is 4.25. The SMILES string of the molecule is NC(=O)C1C2CCC(C2)C1C(=O)NC/C=C\CN1CCN(c2nsc3ccccc23)CC1. The summed E-state index contributed by atoms with van der Waals surface area (Å²) in [4.78, 5) is 29.3. The highest BCUT2D eigenvalue weighted by Crippen LogP contribution is 2.52. The molecule has 170 valence electrons. The summed E-state index contributed by atoms with van der Waals surface area (Å²) in [5.74, 6) is 0.932. The molecule has 32 heavy (non-hydrogen) atoms. The number of amides is 2. The number of hydrogen-bond acceptors (Lipinski definition) is 6. The molecule has 1 aliphatic heterocycles. The summed E-state index contributed by atoms with van der Waals surface area (Å²) in [7, 11) is 0. The first-order valence-electron chi connectivity index (χ1n) is 11.7. The van der Waals surface area contributed by atoms with Gasteiger partial charge in [0.15, 0.2) is 0 Å². The number of carbonyl (C=O) groups is 2. The minimum absolute atomic E-state index is 0.00486. The van der Waals surface area contributed by atoms with Crippen LogP contribution in [0.15, 0.2) is 36.4 Å². The first-order chi connectivity index (χ1) is 15.6. The third-order valence-electron chi connectivity index (χ3n) is 7.50. The molecule has 4 unspecified atom stereocenters. The van der Waals surface area contributed by atoms with Crippen LogP contribution >= 0.6 is 11.5 Å². The molecule has 3 aliphatic rings. The Morgan fingerprint density at radius 1 is 1.09 bits per heavy atom. The minimum atomic E-state index is -0.308. The summed E-state index contributed by atoms with van der Waals surface area (Å²) in [6, 6.07) is 8.41. The third kappa shape index (κ3) is 4.13. The van der Waals surface area contributed by atoms with E-state index in [4.69, 9.17) is 5.73 Å². The largest absolute Gasteiger partial charge is 0.369 e. The Hall–Kier alpha value is -2.45. The molecule has 7 nitrogen and oxygen atoms in total. The second-order valence-corrected chi connectivity index (χ2v) is 10.1. The summed E-state index contributed by atoms with van der Waals surface area (Å²) >= 11 is 1.57. The normalized spacial score (nSPS) is 28.1. The summed E-state index contributed by atoms with van der Waals surface area (Å²) in [6.45, 7) is 5.30. The number of nitrogens with one attached hydrogen (secondary N) is 1. The molecule has 2 saturated carbocycles. The Bertz CT molecular complexity index is 1010. The van der Waals surface area contributed by atoms with Crippen molar-refractivity contribution in [2.45, 2.75) is 19.3 Å². The number of aromatic nitrogens is 1. The van der Waals surface area contributed by atoms with Crippen LogP contribution in [0.4, 0.5) is 5.82 Å². The van der Waals surface area contributed by atoms with Crippen LogP contribution in [0.5, 0.6) is 0 Å². The Morgan fingerprint density at radius 3 is 2.62 bits per heavy atom. The zero-order valence-corrected chi connectivity index (χ0v) is 19.1. The molecule has 1 aromatic carbocycles. The van der Waals surface area contributed by atoms with Crippen LogP contribution in [0.3, 0.4) is 0 Å². The summed E-state index contributed by atoms with van der Waals surface area (Å²) in [6.07, 6.45) is 7.20. The molecule has 1 saturated heterocycles. The minimum Gasteiger partial charge on any atom is -0.369 e. The van der Waals surface area contributed by atoms with Gasteiger partial charge in [-0.25, -0.2) is 0 Å². The molecule has 2 aromatic rings. The van der Waals surface area contributed by atoms with E-state index in [0.717, 1.165) is 57.8 Å². The van der Waals surface area contributed by atoms with E-state index in [9.17, 15) is 9.59 Å². The smallest absolute Gasteiger partial charge is 0.224 e. The lowest BCUT2D eigenvalue weighted by Crippen LogP contribution is -2.46. The Kier molecular flexibility index (Phi) is 6.15. The summed E-state index contributed by atoms with van der Waals surface area (Å²) in [5.41, 5.74) is 5.59. The fourth-order valence-corrected chi connectivity index (χ4v) is 6.70. The van der Waals surface area contributed by atoms with Crippen LogP contribution < -0.4 is 16.0 Å². The topological polar surface area (TPSA) is 91.6 Å². The predicted molar refractivity (Wildman–Crippen MR) is 127 cm³/mol. The molecule has 1 aromatic heterocycles.